The van der Waals surface area contributed by atoms with E-state index in [0.717, 1.165) is 13.0 Å². The van der Waals surface area contributed by atoms with Crippen molar-refractivity contribution in [1.29, 1.82) is 0 Å². The van der Waals surface area contributed by atoms with Gasteiger partial charge in [-0.25, -0.2) is 0 Å². The van der Waals surface area contributed by atoms with Crippen LogP contribution >= 0.6 is 0 Å². The molecule has 1 aliphatic rings. The van der Waals surface area contributed by atoms with Crippen LogP contribution in [0.25, 0.3) is 0 Å². The summed E-state index contributed by atoms with van der Waals surface area (Å²) in [5.41, 5.74) is 7.77. The first-order valence-electron chi connectivity index (χ1n) is 6.85. The highest BCUT2D eigenvalue weighted by atomic mass is 15.2. The third kappa shape index (κ3) is 3.30. The number of hydrogen-bond donors (Lipinski definition) is 1. The Bertz CT molecular complexity index is 323. The molecule has 0 saturated carbocycles. The van der Waals surface area contributed by atoms with Crippen LogP contribution in [0, 0.1) is 0 Å². The van der Waals surface area contributed by atoms with Gasteiger partial charge in [-0.3, -0.25) is 4.90 Å². The molecule has 2 N–H and O–H groups in total. The minimum Gasteiger partial charge on any atom is -0.326 e. The minimum atomic E-state index is 0.276. The Morgan fingerprint density at radius 3 is 2.76 bits per heavy atom. The molecule has 2 unspecified atom stereocenters. The highest BCUT2D eigenvalue weighted by molar-refractivity contribution is 5.16. The number of piperidine rings is 1. The molecule has 1 saturated heterocycles. The Morgan fingerprint density at radius 1 is 1.29 bits per heavy atom. The summed E-state index contributed by atoms with van der Waals surface area (Å²) in [5.74, 6) is 0. The quantitative estimate of drug-likeness (QED) is 0.864. The molecule has 94 valence electrons. The normalized spacial score (nSPS) is 23.5. The lowest BCUT2D eigenvalue weighted by Gasteiger charge is -2.38. The first-order valence-corrected chi connectivity index (χ1v) is 6.85. The van der Waals surface area contributed by atoms with E-state index in [1.165, 1.54) is 31.4 Å². The van der Waals surface area contributed by atoms with E-state index in [4.69, 9.17) is 5.73 Å². The molecule has 2 nitrogen and oxygen atoms in total. The lowest BCUT2D eigenvalue weighted by molar-refractivity contribution is 0.133. The van der Waals surface area contributed by atoms with Gasteiger partial charge >= 0.3 is 0 Å². The summed E-state index contributed by atoms with van der Waals surface area (Å²) in [6.45, 7) is 4.60. The van der Waals surface area contributed by atoms with Gasteiger partial charge in [-0.15, -0.1) is 0 Å². The molecule has 1 heterocycles. The van der Waals surface area contributed by atoms with Crippen molar-refractivity contribution in [2.45, 2.75) is 44.7 Å². The van der Waals surface area contributed by atoms with Crippen molar-refractivity contribution < 1.29 is 0 Å². The van der Waals surface area contributed by atoms with Gasteiger partial charge in [0.25, 0.3) is 0 Å². The van der Waals surface area contributed by atoms with Crippen LogP contribution in [0.1, 0.15) is 31.7 Å². The van der Waals surface area contributed by atoms with Crippen LogP contribution in [-0.2, 0) is 6.42 Å². The van der Waals surface area contributed by atoms with Gasteiger partial charge in [-0.2, -0.15) is 0 Å². The van der Waals surface area contributed by atoms with Gasteiger partial charge in [0.1, 0.15) is 0 Å². The zero-order valence-corrected chi connectivity index (χ0v) is 10.8. The predicted octanol–water partition coefficient (Wildman–Crippen LogP) is 2.43. The van der Waals surface area contributed by atoms with Gasteiger partial charge in [0, 0.05) is 12.1 Å². The van der Waals surface area contributed by atoms with Crippen LogP contribution in [0.5, 0.6) is 0 Å². The van der Waals surface area contributed by atoms with E-state index >= 15 is 0 Å². The Morgan fingerprint density at radius 2 is 2.06 bits per heavy atom. The second-order valence-corrected chi connectivity index (χ2v) is 5.05. The summed E-state index contributed by atoms with van der Waals surface area (Å²) in [5, 5.41) is 0. The van der Waals surface area contributed by atoms with E-state index in [1.54, 1.807) is 0 Å². The smallest absolute Gasteiger partial charge is 0.0250 e. The summed E-state index contributed by atoms with van der Waals surface area (Å²) in [6.07, 6.45) is 4.94. The fourth-order valence-electron chi connectivity index (χ4n) is 2.92. The molecule has 17 heavy (non-hydrogen) atoms. The molecular weight excluding hydrogens is 208 g/mol. The fraction of sp³-hybridized carbons (Fsp3) is 0.600. The van der Waals surface area contributed by atoms with Crippen molar-refractivity contribution in [2.24, 2.45) is 5.73 Å². The number of nitrogens with zero attached hydrogens (tertiary/aromatic N) is 1. The van der Waals surface area contributed by atoms with E-state index in [2.05, 4.69) is 42.2 Å². The number of likely N-dealkylation sites (tertiary alicyclic amines) is 1. The second-order valence-electron chi connectivity index (χ2n) is 5.05. The molecule has 0 spiro atoms. The SMILES string of the molecule is CCN1CCCCC1C(N)Cc1ccccc1. The molecule has 2 atom stereocenters. The molecule has 2 heteroatoms. The molecule has 1 aliphatic heterocycles. The summed E-state index contributed by atoms with van der Waals surface area (Å²) in [4.78, 5) is 2.55. The van der Waals surface area contributed by atoms with E-state index in [9.17, 15) is 0 Å². The summed E-state index contributed by atoms with van der Waals surface area (Å²) in [6, 6.07) is 11.5. The van der Waals surface area contributed by atoms with Gasteiger partial charge in [0.05, 0.1) is 0 Å². The van der Waals surface area contributed by atoms with Gasteiger partial charge < -0.3 is 5.73 Å². The van der Waals surface area contributed by atoms with E-state index in [0.29, 0.717) is 6.04 Å². The maximum Gasteiger partial charge on any atom is 0.0250 e. The average Bonchev–Trinajstić information content (AvgIpc) is 2.40. The van der Waals surface area contributed by atoms with Gasteiger partial charge in [0.15, 0.2) is 0 Å². The van der Waals surface area contributed by atoms with Crippen LogP contribution < -0.4 is 5.73 Å². The first kappa shape index (κ1) is 12.6. The van der Waals surface area contributed by atoms with Crippen LogP contribution in [-0.4, -0.2) is 30.1 Å². The van der Waals surface area contributed by atoms with Gasteiger partial charge in [-0.1, -0.05) is 43.7 Å². The molecule has 0 aliphatic carbocycles. The number of benzene rings is 1. The predicted molar refractivity (Wildman–Crippen MR) is 73.0 cm³/mol. The highest BCUT2D eigenvalue weighted by Crippen LogP contribution is 2.20. The average molecular weight is 232 g/mol. The van der Waals surface area contributed by atoms with Crippen molar-refractivity contribution in [3.05, 3.63) is 35.9 Å². The van der Waals surface area contributed by atoms with Gasteiger partial charge in [0.2, 0.25) is 0 Å². The van der Waals surface area contributed by atoms with Crippen LogP contribution in [0.4, 0.5) is 0 Å². The van der Waals surface area contributed by atoms with E-state index in [-0.39, 0.29) is 6.04 Å². The third-order valence-electron chi connectivity index (χ3n) is 3.88. The molecule has 2 rings (SSSR count). The van der Waals surface area contributed by atoms with E-state index in [1.807, 2.05) is 0 Å². The fourth-order valence-corrected chi connectivity index (χ4v) is 2.92. The molecule has 1 fully saturated rings. The lowest BCUT2D eigenvalue weighted by Crippen LogP contribution is -2.51. The molecule has 0 aromatic heterocycles. The molecule has 1 aromatic carbocycles. The zero-order valence-electron chi connectivity index (χ0n) is 10.8. The van der Waals surface area contributed by atoms with Crippen molar-refractivity contribution >= 4 is 0 Å². The Kier molecular flexibility index (Phi) is 4.57. The first-order chi connectivity index (χ1) is 8.31. The minimum absolute atomic E-state index is 0.276. The largest absolute Gasteiger partial charge is 0.326 e. The van der Waals surface area contributed by atoms with Crippen molar-refractivity contribution in [3.8, 4) is 0 Å². The molecule has 0 amide bonds. The number of nitrogens with two attached hydrogens (primary N) is 1. The van der Waals surface area contributed by atoms with Crippen LogP contribution in [0.15, 0.2) is 30.3 Å². The van der Waals surface area contributed by atoms with Gasteiger partial charge in [-0.05, 0) is 37.9 Å². The number of likely N-dealkylation sites (N-methyl/N-ethyl adjacent to an activating group) is 1. The number of rotatable bonds is 4. The topological polar surface area (TPSA) is 29.3 Å². The monoisotopic (exact) mass is 232 g/mol. The second kappa shape index (κ2) is 6.18. The summed E-state index contributed by atoms with van der Waals surface area (Å²) in [7, 11) is 0. The van der Waals surface area contributed by atoms with Crippen LogP contribution in [0.3, 0.4) is 0 Å². The standard InChI is InChI=1S/C15H24N2/c1-2-17-11-7-6-10-15(17)14(16)12-13-8-4-3-5-9-13/h3-5,8-9,14-15H,2,6-7,10-12,16H2,1H3. The van der Waals surface area contributed by atoms with Crippen molar-refractivity contribution in [1.82, 2.24) is 4.90 Å². The number of hydrogen-bond acceptors (Lipinski definition) is 2. The van der Waals surface area contributed by atoms with Crippen LogP contribution in [0.2, 0.25) is 0 Å². The van der Waals surface area contributed by atoms with Crippen molar-refractivity contribution in [3.63, 3.8) is 0 Å². The molecular formula is C15H24N2. The highest BCUT2D eigenvalue weighted by Gasteiger charge is 2.26. The summed E-state index contributed by atoms with van der Waals surface area (Å²) < 4.78 is 0. The molecule has 0 bridgehead atoms. The maximum absolute atomic E-state index is 6.40. The van der Waals surface area contributed by atoms with E-state index < -0.39 is 0 Å². The third-order valence-corrected chi connectivity index (χ3v) is 3.88. The molecule has 1 aromatic rings. The zero-order chi connectivity index (χ0) is 12.1. The summed E-state index contributed by atoms with van der Waals surface area (Å²) >= 11 is 0. The Labute approximate surface area is 105 Å². The Balaban J connectivity index is 1.96. The maximum atomic E-state index is 6.40. The lowest BCUT2D eigenvalue weighted by atomic mass is 9.92. The van der Waals surface area contributed by atoms with Crippen molar-refractivity contribution in [2.75, 3.05) is 13.1 Å². The Hall–Kier alpha value is -0.860. The molecule has 0 radical (unpaired) electrons.